The van der Waals surface area contributed by atoms with Crippen LogP contribution in [0.4, 0.5) is 4.39 Å². The van der Waals surface area contributed by atoms with Gasteiger partial charge in [0, 0.05) is 12.0 Å². The number of carbonyl (C=O) groups is 1. The van der Waals surface area contributed by atoms with Crippen molar-refractivity contribution < 1.29 is 13.9 Å². The van der Waals surface area contributed by atoms with Gasteiger partial charge in [-0.1, -0.05) is 38.0 Å². The average molecular weight is 448 g/mol. The number of halogens is 1. The lowest BCUT2D eigenvalue weighted by Crippen LogP contribution is -2.36. The van der Waals surface area contributed by atoms with E-state index >= 15 is 0 Å². The van der Waals surface area contributed by atoms with Gasteiger partial charge >= 0.3 is 0 Å². The molecule has 0 radical (unpaired) electrons. The Kier molecular flexibility index (Phi) is 6.16. The molecule has 6 heteroatoms. The van der Waals surface area contributed by atoms with Crippen LogP contribution in [0.1, 0.15) is 56.7 Å². The van der Waals surface area contributed by atoms with Crippen molar-refractivity contribution in [1.82, 2.24) is 14.7 Å². The van der Waals surface area contributed by atoms with Gasteiger partial charge in [0.05, 0.1) is 23.5 Å². The summed E-state index contributed by atoms with van der Waals surface area (Å²) in [5, 5.41) is 4.88. The predicted octanol–water partition coefficient (Wildman–Crippen LogP) is 6.05. The average Bonchev–Trinajstić information content (AvgIpc) is 3.41. The number of nitrogens with zero attached hydrogens (tertiary/aromatic N) is 3. The van der Waals surface area contributed by atoms with Crippen LogP contribution in [0.15, 0.2) is 54.6 Å². The molecule has 0 spiro atoms. The van der Waals surface area contributed by atoms with Crippen molar-refractivity contribution in [3.8, 4) is 17.3 Å². The molecule has 2 fully saturated rings. The highest BCUT2D eigenvalue weighted by molar-refractivity contribution is 5.80. The minimum atomic E-state index is -0.310. The van der Waals surface area contributed by atoms with Gasteiger partial charge in [-0.2, -0.15) is 5.10 Å². The number of hydrogen-bond donors (Lipinski definition) is 0. The lowest BCUT2D eigenvalue weighted by Gasteiger charge is -2.26. The standard InChI is InChI=1S/C27H30FN3O2/c1-2-25-24(18-30(21-14-15-21)26(32)19-8-6-7-9-19)27(33-23-16-12-20(28)13-17-23)31(29-25)22-10-4-3-5-11-22/h3-5,10-13,16-17,19,21H,2,6-9,14-15,18H2,1H3. The maximum Gasteiger partial charge on any atom is 0.227 e. The van der Waals surface area contributed by atoms with Crippen LogP contribution in [-0.2, 0) is 17.8 Å². The monoisotopic (exact) mass is 447 g/mol. The van der Waals surface area contributed by atoms with Gasteiger partial charge in [-0.25, -0.2) is 9.07 Å². The van der Waals surface area contributed by atoms with Crippen LogP contribution in [0.3, 0.4) is 0 Å². The van der Waals surface area contributed by atoms with Crippen molar-refractivity contribution in [2.45, 2.75) is 64.5 Å². The minimum absolute atomic E-state index is 0.140. The molecular weight excluding hydrogens is 417 g/mol. The SMILES string of the molecule is CCc1nn(-c2ccccc2)c(Oc2ccc(F)cc2)c1CN(C(=O)C1CCCC1)C1CC1. The van der Waals surface area contributed by atoms with E-state index in [0.717, 1.165) is 61.9 Å². The third-order valence-corrected chi connectivity index (χ3v) is 6.69. The number of aromatic nitrogens is 2. The molecule has 2 aromatic carbocycles. The Hall–Kier alpha value is -3.15. The highest BCUT2D eigenvalue weighted by Gasteiger charge is 2.38. The van der Waals surface area contributed by atoms with Crippen LogP contribution in [0.2, 0.25) is 0 Å². The van der Waals surface area contributed by atoms with Crippen molar-refractivity contribution in [2.24, 2.45) is 5.92 Å². The Morgan fingerprint density at radius 1 is 1.06 bits per heavy atom. The number of ether oxygens (including phenoxy) is 1. The van der Waals surface area contributed by atoms with Crippen molar-refractivity contribution in [3.05, 3.63) is 71.7 Å². The van der Waals surface area contributed by atoms with Gasteiger partial charge < -0.3 is 9.64 Å². The number of aryl methyl sites for hydroxylation is 1. The van der Waals surface area contributed by atoms with Crippen LogP contribution in [0, 0.1) is 11.7 Å². The Morgan fingerprint density at radius 2 is 1.76 bits per heavy atom. The quantitative estimate of drug-likeness (QED) is 0.422. The molecule has 0 saturated heterocycles. The van der Waals surface area contributed by atoms with Crippen molar-refractivity contribution >= 4 is 5.91 Å². The summed E-state index contributed by atoms with van der Waals surface area (Å²) < 4.78 is 21.6. The second-order valence-electron chi connectivity index (χ2n) is 9.07. The Morgan fingerprint density at radius 3 is 2.39 bits per heavy atom. The number of amides is 1. The van der Waals surface area contributed by atoms with E-state index in [9.17, 15) is 9.18 Å². The fraction of sp³-hybridized carbons (Fsp3) is 0.407. The molecule has 0 aliphatic heterocycles. The van der Waals surface area contributed by atoms with Crippen LogP contribution >= 0.6 is 0 Å². The molecule has 0 atom stereocenters. The molecule has 2 aliphatic carbocycles. The first-order valence-corrected chi connectivity index (χ1v) is 12.0. The highest BCUT2D eigenvalue weighted by atomic mass is 19.1. The Balaban J connectivity index is 1.55. The number of hydrogen-bond acceptors (Lipinski definition) is 3. The zero-order valence-electron chi connectivity index (χ0n) is 19.0. The van der Waals surface area contributed by atoms with Gasteiger partial charge in [0.15, 0.2) is 0 Å². The fourth-order valence-electron chi connectivity index (χ4n) is 4.73. The number of para-hydroxylation sites is 1. The lowest BCUT2D eigenvalue weighted by atomic mass is 10.1. The first kappa shape index (κ1) is 21.7. The third-order valence-electron chi connectivity index (χ3n) is 6.69. The zero-order chi connectivity index (χ0) is 22.8. The van der Waals surface area contributed by atoms with Crippen molar-refractivity contribution in [1.29, 1.82) is 0 Å². The molecule has 1 amide bonds. The van der Waals surface area contributed by atoms with E-state index < -0.39 is 0 Å². The van der Waals surface area contributed by atoms with Gasteiger partial charge in [0.2, 0.25) is 11.8 Å². The summed E-state index contributed by atoms with van der Waals surface area (Å²) in [5.74, 6) is 1.24. The summed E-state index contributed by atoms with van der Waals surface area (Å²) in [6, 6.07) is 16.2. The molecule has 2 aliphatic rings. The zero-order valence-corrected chi connectivity index (χ0v) is 19.0. The minimum Gasteiger partial charge on any atom is -0.439 e. The summed E-state index contributed by atoms with van der Waals surface area (Å²) in [5.41, 5.74) is 2.74. The van der Waals surface area contributed by atoms with Crippen LogP contribution in [0.5, 0.6) is 11.6 Å². The lowest BCUT2D eigenvalue weighted by molar-refractivity contribution is -0.136. The highest BCUT2D eigenvalue weighted by Crippen LogP contribution is 2.38. The second-order valence-corrected chi connectivity index (χ2v) is 9.07. The van der Waals surface area contributed by atoms with Crippen LogP contribution in [0.25, 0.3) is 5.69 Å². The van der Waals surface area contributed by atoms with E-state index in [1.54, 1.807) is 12.1 Å². The molecule has 5 rings (SSSR count). The summed E-state index contributed by atoms with van der Waals surface area (Å²) >= 11 is 0. The van der Waals surface area contributed by atoms with Crippen molar-refractivity contribution in [2.75, 3.05) is 0 Å². The van der Waals surface area contributed by atoms with Gasteiger partial charge in [-0.15, -0.1) is 0 Å². The second kappa shape index (κ2) is 9.38. The molecule has 33 heavy (non-hydrogen) atoms. The molecule has 0 unspecified atom stereocenters. The number of benzene rings is 2. The largest absolute Gasteiger partial charge is 0.439 e. The molecular formula is C27H30FN3O2. The van der Waals surface area contributed by atoms with Gasteiger partial charge in [-0.3, -0.25) is 4.79 Å². The third kappa shape index (κ3) is 4.65. The topological polar surface area (TPSA) is 47.4 Å². The molecule has 2 saturated carbocycles. The van der Waals surface area contributed by atoms with Crippen LogP contribution in [-0.4, -0.2) is 26.6 Å². The number of carbonyl (C=O) groups excluding carboxylic acids is 1. The fourth-order valence-corrected chi connectivity index (χ4v) is 4.73. The van der Waals surface area contributed by atoms with E-state index in [1.807, 2.05) is 35.0 Å². The van der Waals surface area contributed by atoms with Gasteiger partial charge in [0.1, 0.15) is 11.6 Å². The first-order chi connectivity index (χ1) is 16.1. The summed E-state index contributed by atoms with van der Waals surface area (Å²) in [6.07, 6.45) is 7.10. The molecule has 172 valence electrons. The van der Waals surface area contributed by atoms with Gasteiger partial charge in [0.25, 0.3) is 0 Å². The number of rotatable bonds is 8. The van der Waals surface area contributed by atoms with E-state index in [2.05, 4.69) is 11.8 Å². The smallest absolute Gasteiger partial charge is 0.227 e. The molecule has 1 heterocycles. The molecule has 1 aromatic heterocycles. The van der Waals surface area contributed by atoms with Gasteiger partial charge in [-0.05, 0) is 68.5 Å². The predicted molar refractivity (Wildman–Crippen MR) is 125 cm³/mol. The maximum atomic E-state index is 13.5. The molecule has 5 nitrogen and oxygen atoms in total. The van der Waals surface area contributed by atoms with E-state index in [4.69, 9.17) is 9.84 Å². The molecule has 0 bridgehead atoms. The molecule has 0 N–H and O–H groups in total. The first-order valence-electron chi connectivity index (χ1n) is 12.0. The molecule has 3 aromatic rings. The summed E-state index contributed by atoms with van der Waals surface area (Å²) in [4.78, 5) is 15.5. The Labute approximate surface area is 194 Å². The Bertz CT molecular complexity index is 1100. The maximum absolute atomic E-state index is 13.5. The van der Waals surface area contributed by atoms with Crippen LogP contribution < -0.4 is 4.74 Å². The van der Waals surface area contributed by atoms with E-state index in [1.165, 1.54) is 12.1 Å². The van der Waals surface area contributed by atoms with Crippen molar-refractivity contribution in [3.63, 3.8) is 0 Å². The summed E-state index contributed by atoms with van der Waals surface area (Å²) in [7, 11) is 0. The van der Waals surface area contributed by atoms with E-state index in [0.29, 0.717) is 24.2 Å². The summed E-state index contributed by atoms with van der Waals surface area (Å²) in [6.45, 7) is 2.57. The normalized spacial score (nSPS) is 16.2. The van der Waals surface area contributed by atoms with E-state index in [-0.39, 0.29) is 17.6 Å².